The summed E-state index contributed by atoms with van der Waals surface area (Å²) < 4.78 is 5.20. The molecule has 0 aliphatic carbocycles. The second-order valence-corrected chi connectivity index (χ2v) is 2.79. The van der Waals surface area contributed by atoms with Gasteiger partial charge in [-0.3, -0.25) is 0 Å². The van der Waals surface area contributed by atoms with Crippen LogP contribution in [-0.4, -0.2) is 46.8 Å². The summed E-state index contributed by atoms with van der Waals surface area (Å²) in [5.41, 5.74) is 0. The van der Waals surface area contributed by atoms with E-state index in [9.17, 15) is 5.11 Å². The van der Waals surface area contributed by atoms with Gasteiger partial charge in [-0.1, -0.05) is 0 Å². The molecular formula is C7H14O4. The van der Waals surface area contributed by atoms with E-state index in [1.54, 1.807) is 0 Å². The molecule has 1 rings (SSSR count). The normalized spacial score (nSPS) is 37.9. The van der Waals surface area contributed by atoms with E-state index in [1.807, 2.05) is 0 Å². The number of ether oxygens (including phenoxy) is 1. The third-order valence-corrected chi connectivity index (χ3v) is 1.93. The Labute approximate surface area is 65.4 Å². The van der Waals surface area contributed by atoms with Gasteiger partial charge in [0.1, 0.15) is 6.10 Å². The first-order valence-electron chi connectivity index (χ1n) is 3.83. The molecular weight excluding hydrogens is 148 g/mol. The molecule has 3 N–H and O–H groups in total. The molecule has 1 saturated heterocycles. The fourth-order valence-corrected chi connectivity index (χ4v) is 1.31. The topological polar surface area (TPSA) is 69.9 Å². The molecule has 4 nitrogen and oxygen atoms in total. The van der Waals surface area contributed by atoms with Crippen LogP contribution >= 0.6 is 0 Å². The van der Waals surface area contributed by atoms with Crippen LogP contribution in [0.3, 0.4) is 0 Å². The van der Waals surface area contributed by atoms with Gasteiger partial charge in [0.15, 0.2) is 0 Å². The van der Waals surface area contributed by atoms with Gasteiger partial charge < -0.3 is 20.1 Å². The number of hydrogen-bond donors (Lipinski definition) is 3. The van der Waals surface area contributed by atoms with E-state index >= 15 is 0 Å². The Morgan fingerprint density at radius 1 is 1.36 bits per heavy atom. The third-order valence-electron chi connectivity index (χ3n) is 1.93. The Balaban J connectivity index is 2.30. The molecule has 66 valence electrons. The number of hydrogen-bond acceptors (Lipinski definition) is 4. The third kappa shape index (κ3) is 2.13. The minimum absolute atomic E-state index is 0.0650. The molecule has 0 aromatic heterocycles. The summed E-state index contributed by atoms with van der Waals surface area (Å²) in [6, 6.07) is 0. The maximum Gasteiger partial charge on any atom is 0.107 e. The zero-order valence-corrected chi connectivity index (χ0v) is 6.31. The molecule has 1 aliphatic heterocycles. The van der Waals surface area contributed by atoms with Crippen LogP contribution < -0.4 is 0 Å². The molecule has 1 heterocycles. The zero-order chi connectivity index (χ0) is 8.27. The Hall–Kier alpha value is -0.160. The van der Waals surface area contributed by atoms with Crippen molar-refractivity contribution in [3.8, 4) is 0 Å². The number of aliphatic hydroxyl groups excluding tert-OH is 3. The second kappa shape index (κ2) is 4.01. The summed E-state index contributed by atoms with van der Waals surface area (Å²) in [5, 5.41) is 26.4. The van der Waals surface area contributed by atoms with E-state index in [2.05, 4.69) is 0 Å². The van der Waals surface area contributed by atoms with Gasteiger partial charge in [-0.05, 0) is 6.42 Å². The average molecular weight is 162 g/mol. The fraction of sp³-hybridized carbons (Fsp3) is 1.00. The summed E-state index contributed by atoms with van der Waals surface area (Å²) >= 11 is 0. The van der Waals surface area contributed by atoms with Crippen LogP contribution in [0.1, 0.15) is 12.8 Å². The van der Waals surface area contributed by atoms with Gasteiger partial charge in [0.25, 0.3) is 0 Å². The first kappa shape index (κ1) is 8.93. The van der Waals surface area contributed by atoms with Crippen LogP contribution in [0.5, 0.6) is 0 Å². The van der Waals surface area contributed by atoms with Crippen molar-refractivity contribution >= 4 is 0 Å². The highest BCUT2D eigenvalue weighted by Crippen LogP contribution is 2.21. The quantitative estimate of drug-likeness (QED) is 0.491. The van der Waals surface area contributed by atoms with Crippen molar-refractivity contribution in [2.75, 3.05) is 13.2 Å². The molecule has 0 aromatic rings. The van der Waals surface area contributed by atoms with E-state index in [1.165, 1.54) is 0 Å². The molecule has 2 unspecified atom stereocenters. The summed E-state index contributed by atoms with van der Waals surface area (Å²) in [6.07, 6.45) is -0.0606. The lowest BCUT2D eigenvalue weighted by atomic mass is 10.1. The molecule has 0 bridgehead atoms. The van der Waals surface area contributed by atoms with Gasteiger partial charge in [0.05, 0.1) is 18.8 Å². The van der Waals surface area contributed by atoms with E-state index in [0.717, 1.165) is 0 Å². The SMILES string of the molecule is OCCC1C[C@H](O)C(CO)O1. The van der Waals surface area contributed by atoms with Gasteiger partial charge in [-0.25, -0.2) is 0 Å². The molecule has 0 saturated carbocycles. The summed E-state index contributed by atoms with van der Waals surface area (Å²) in [7, 11) is 0. The van der Waals surface area contributed by atoms with Crippen LogP contribution in [0.15, 0.2) is 0 Å². The summed E-state index contributed by atoms with van der Waals surface area (Å²) in [6.45, 7) is -0.0847. The molecule has 0 radical (unpaired) electrons. The predicted octanol–water partition coefficient (Wildman–Crippen LogP) is -1.12. The van der Waals surface area contributed by atoms with Crippen LogP contribution in [0, 0.1) is 0 Å². The highest BCUT2D eigenvalue weighted by molar-refractivity contribution is 4.81. The van der Waals surface area contributed by atoms with Crippen molar-refractivity contribution < 1.29 is 20.1 Å². The standard InChI is InChI=1S/C7H14O4/c8-2-1-5-3-6(10)7(4-9)11-5/h5-10H,1-4H2/t5?,6-,7?/m0/s1. The first-order valence-corrected chi connectivity index (χ1v) is 3.83. The number of rotatable bonds is 3. The minimum atomic E-state index is -0.573. The Morgan fingerprint density at radius 2 is 2.09 bits per heavy atom. The van der Waals surface area contributed by atoms with E-state index in [4.69, 9.17) is 14.9 Å². The molecule has 0 aromatic carbocycles. The zero-order valence-electron chi connectivity index (χ0n) is 6.31. The van der Waals surface area contributed by atoms with Crippen LogP contribution in [-0.2, 0) is 4.74 Å². The Morgan fingerprint density at radius 3 is 2.55 bits per heavy atom. The minimum Gasteiger partial charge on any atom is -0.396 e. The smallest absolute Gasteiger partial charge is 0.107 e. The van der Waals surface area contributed by atoms with Crippen molar-refractivity contribution in [2.24, 2.45) is 0 Å². The molecule has 4 heteroatoms. The Kier molecular flexibility index (Phi) is 3.26. The molecule has 3 atom stereocenters. The van der Waals surface area contributed by atoms with E-state index < -0.39 is 12.2 Å². The van der Waals surface area contributed by atoms with Gasteiger partial charge in [0.2, 0.25) is 0 Å². The fourth-order valence-electron chi connectivity index (χ4n) is 1.31. The maximum absolute atomic E-state index is 9.22. The van der Waals surface area contributed by atoms with E-state index in [0.29, 0.717) is 12.8 Å². The van der Waals surface area contributed by atoms with Crippen LogP contribution in [0.4, 0.5) is 0 Å². The van der Waals surface area contributed by atoms with Gasteiger partial charge in [0, 0.05) is 13.0 Å². The molecule has 0 amide bonds. The van der Waals surface area contributed by atoms with Crippen molar-refractivity contribution in [1.82, 2.24) is 0 Å². The van der Waals surface area contributed by atoms with Gasteiger partial charge in [-0.2, -0.15) is 0 Å². The van der Waals surface area contributed by atoms with Crippen molar-refractivity contribution in [3.05, 3.63) is 0 Å². The molecule has 0 spiro atoms. The van der Waals surface area contributed by atoms with Gasteiger partial charge in [-0.15, -0.1) is 0 Å². The maximum atomic E-state index is 9.22. The second-order valence-electron chi connectivity index (χ2n) is 2.79. The number of aliphatic hydroxyl groups is 3. The highest BCUT2D eigenvalue weighted by atomic mass is 16.5. The van der Waals surface area contributed by atoms with Crippen molar-refractivity contribution in [2.45, 2.75) is 31.2 Å². The van der Waals surface area contributed by atoms with Gasteiger partial charge >= 0.3 is 0 Å². The van der Waals surface area contributed by atoms with Crippen LogP contribution in [0.25, 0.3) is 0 Å². The largest absolute Gasteiger partial charge is 0.396 e. The Bertz CT molecular complexity index is 117. The average Bonchev–Trinajstić information content (AvgIpc) is 2.32. The van der Waals surface area contributed by atoms with Crippen molar-refractivity contribution in [1.29, 1.82) is 0 Å². The van der Waals surface area contributed by atoms with Crippen molar-refractivity contribution in [3.63, 3.8) is 0 Å². The van der Waals surface area contributed by atoms with Crippen LogP contribution in [0.2, 0.25) is 0 Å². The predicted molar refractivity (Wildman–Crippen MR) is 38.1 cm³/mol. The first-order chi connectivity index (χ1) is 5.27. The summed E-state index contributed by atoms with van der Waals surface area (Å²) in [4.78, 5) is 0. The lowest BCUT2D eigenvalue weighted by Crippen LogP contribution is -2.24. The summed E-state index contributed by atoms with van der Waals surface area (Å²) in [5.74, 6) is 0. The highest BCUT2D eigenvalue weighted by Gasteiger charge is 2.32. The molecule has 11 heavy (non-hydrogen) atoms. The van der Waals surface area contributed by atoms with E-state index in [-0.39, 0.29) is 19.3 Å². The molecule has 1 aliphatic rings. The lowest BCUT2D eigenvalue weighted by Gasteiger charge is -2.10. The lowest BCUT2D eigenvalue weighted by molar-refractivity contribution is -0.0269. The monoisotopic (exact) mass is 162 g/mol. The molecule has 1 fully saturated rings.